The van der Waals surface area contributed by atoms with E-state index in [1.165, 1.54) is 0 Å². The van der Waals surface area contributed by atoms with Crippen molar-refractivity contribution >= 4 is 11.9 Å². The van der Waals surface area contributed by atoms with Crippen molar-refractivity contribution in [1.82, 2.24) is 5.32 Å². The molecular formula is C21H25NO4. The van der Waals surface area contributed by atoms with Gasteiger partial charge < -0.3 is 15.2 Å². The first kappa shape index (κ1) is 19.5. The molecule has 1 unspecified atom stereocenters. The second-order valence-corrected chi connectivity index (χ2v) is 6.21. The van der Waals surface area contributed by atoms with Gasteiger partial charge in [0, 0.05) is 18.4 Å². The molecule has 0 radical (unpaired) electrons. The smallest absolute Gasteiger partial charge is 0.303 e. The molecule has 0 aliphatic rings. The van der Waals surface area contributed by atoms with Gasteiger partial charge in [-0.1, -0.05) is 42.5 Å². The molecule has 0 aliphatic carbocycles. The minimum atomic E-state index is -0.825. The molecule has 0 bridgehead atoms. The van der Waals surface area contributed by atoms with E-state index >= 15 is 0 Å². The van der Waals surface area contributed by atoms with E-state index in [1.807, 2.05) is 55.5 Å². The lowest BCUT2D eigenvalue weighted by molar-refractivity contribution is -0.137. The van der Waals surface area contributed by atoms with Crippen molar-refractivity contribution in [2.24, 2.45) is 0 Å². The molecule has 2 aromatic carbocycles. The van der Waals surface area contributed by atoms with Crippen LogP contribution in [-0.4, -0.2) is 24.1 Å². The molecule has 0 aromatic heterocycles. The van der Waals surface area contributed by atoms with Crippen molar-refractivity contribution in [3.05, 3.63) is 54.1 Å². The topological polar surface area (TPSA) is 75.6 Å². The highest BCUT2D eigenvalue weighted by Crippen LogP contribution is 2.30. The predicted molar refractivity (Wildman–Crippen MR) is 101 cm³/mol. The SMILES string of the molecule is COc1ccccc1-c1ccc(C(C)NC(=O)CCCCC(=O)O)cc1. The first-order valence-corrected chi connectivity index (χ1v) is 8.75. The Labute approximate surface area is 154 Å². The minimum Gasteiger partial charge on any atom is -0.496 e. The number of methoxy groups -OCH3 is 1. The second-order valence-electron chi connectivity index (χ2n) is 6.21. The Bertz CT molecular complexity index is 740. The van der Waals surface area contributed by atoms with Crippen LogP contribution in [0.1, 0.15) is 44.2 Å². The molecule has 2 aromatic rings. The third-order valence-electron chi connectivity index (χ3n) is 4.25. The maximum atomic E-state index is 12.0. The molecule has 0 aliphatic heterocycles. The number of para-hydroxylation sites is 1. The first-order valence-electron chi connectivity index (χ1n) is 8.75. The van der Waals surface area contributed by atoms with Gasteiger partial charge in [0.2, 0.25) is 5.91 Å². The van der Waals surface area contributed by atoms with Crippen molar-refractivity contribution < 1.29 is 19.4 Å². The van der Waals surface area contributed by atoms with Crippen LogP contribution in [0.4, 0.5) is 0 Å². The van der Waals surface area contributed by atoms with Crippen LogP contribution in [-0.2, 0) is 9.59 Å². The van der Waals surface area contributed by atoms with E-state index in [9.17, 15) is 9.59 Å². The molecule has 2 N–H and O–H groups in total. The van der Waals surface area contributed by atoms with Gasteiger partial charge in [0.25, 0.3) is 0 Å². The number of carboxylic acids is 1. The van der Waals surface area contributed by atoms with Crippen LogP contribution in [0.3, 0.4) is 0 Å². The van der Waals surface area contributed by atoms with Crippen molar-refractivity contribution in [3.8, 4) is 16.9 Å². The Kier molecular flexibility index (Phi) is 7.21. The van der Waals surface area contributed by atoms with Crippen LogP contribution < -0.4 is 10.1 Å². The van der Waals surface area contributed by atoms with Crippen molar-refractivity contribution in [2.75, 3.05) is 7.11 Å². The average Bonchev–Trinajstić information content (AvgIpc) is 2.65. The van der Waals surface area contributed by atoms with E-state index in [-0.39, 0.29) is 18.4 Å². The highest BCUT2D eigenvalue weighted by Gasteiger charge is 2.11. The van der Waals surface area contributed by atoms with Gasteiger partial charge in [-0.2, -0.15) is 0 Å². The van der Waals surface area contributed by atoms with Gasteiger partial charge in [-0.25, -0.2) is 0 Å². The highest BCUT2D eigenvalue weighted by atomic mass is 16.5. The van der Waals surface area contributed by atoms with E-state index in [0.717, 1.165) is 22.4 Å². The van der Waals surface area contributed by atoms with Crippen LogP contribution in [0.15, 0.2) is 48.5 Å². The molecule has 1 atom stereocenters. The Hall–Kier alpha value is -2.82. The zero-order chi connectivity index (χ0) is 18.9. The molecule has 5 heteroatoms. The van der Waals surface area contributed by atoms with Gasteiger partial charge in [0.15, 0.2) is 0 Å². The van der Waals surface area contributed by atoms with Gasteiger partial charge >= 0.3 is 5.97 Å². The summed E-state index contributed by atoms with van der Waals surface area (Å²) in [4.78, 5) is 22.4. The number of unbranched alkanes of at least 4 members (excludes halogenated alkanes) is 1. The summed E-state index contributed by atoms with van der Waals surface area (Å²) in [7, 11) is 1.65. The maximum absolute atomic E-state index is 12.0. The summed E-state index contributed by atoms with van der Waals surface area (Å²) in [6.07, 6.45) is 1.55. The summed E-state index contributed by atoms with van der Waals surface area (Å²) >= 11 is 0. The molecule has 26 heavy (non-hydrogen) atoms. The van der Waals surface area contributed by atoms with Crippen LogP contribution >= 0.6 is 0 Å². The second kappa shape index (κ2) is 9.61. The van der Waals surface area contributed by atoms with Crippen LogP contribution in [0.25, 0.3) is 11.1 Å². The van der Waals surface area contributed by atoms with Gasteiger partial charge in [-0.05, 0) is 37.0 Å². The quantitative estimate of drug-likeness (QED) is 0.662. The first-order chi connectivity index (χ1) is 12.5. The average molecular weight is 355 g/mol. The standard InChI is InChI=1S/C21H25NO4/c1-15(22-20(23)9-5-6-10-21(24)25)16-11-13-17(14-12-16)18-7-3-4-8-19(18)26-2/h3-4,7-8,11-15H,5-6,9-10H2,1-2H3,(H,22,23)(H,24,25). The predicted octanol–water partition coefficient (Wildman–Crippen LogP) is 4.18. The zero-order valence-electron chi connectivity index (χ0n) is 15.2. The summed E-state index contributed by atoms with van der Waals surface area (Å²) in [5.74, 6) is -0.0615. The lowest BCUT2D eigenvalue weighted by Gasteiger charge is -2.15. The van der Waals surface area contributed by atoms with Gasteiger partial charge in [-0.3, -0.25) is 9.59 Å². The lowest BCUT2D eigenvalue weighted by Crippen LogP contribution is -2.26. The van der Waals surface area contributed by atoms with Crippen molar-refractivity contribution in [1.29, 1.82) is 0 Å². The Balaban J connectivity index is 1.93. The fourth-order valence-electron chi connectivity index (χ4n) is 2.79. The summed E-state index contributed by atoms with van der Waals surface area (Å²) in [5, 5.41) is 11.6. The van der Waals surface area contributed by atoms with Gasteiger partial charge in [0.05, 0.1) is 13.2 Å². The number of rotatable bonds is 9. The van der Waals surface area contributed by atoms with E-state index in [1.54, 1.807) is 7.11 Å². The number of benzene rings is 2. The van der Waals surface area contributed by atoms with Crippen LogP contribution in [0, 0.1) is 0 Å². The minimum absolute atomic E-state index is 0.0586. The molecule has 0 saturated heterocycles. The monoisotopic (exact) mass is 355 g/mol. The van der Waals surface area contributed by atoms with Crippen LogP contribution in [0.5, 0.6) is 5.75 Å². The maximum Gasteiger partial charge on any atom is 0.303 e. The van der Waals surface area contributed by atoms with E-state index < -0.39 is 5.97 Å². The zero-order valence-corrected chi connectivity index (χ0v) is 15.2. The van der Waals surface area contributed by atoms with E-state index in [4.69, 9.17) is 9.84 Å². The number of nitrogens with one attached hydrogen (secondary N) is 1. The Morgan fingerprint density at radius 2 is 1.69 bits per heavy atom. The van der Waals surface area contributed by atoms with Crippen LogP contribution in [0.2, 0.25) is 0 Å². The molecule has 0 heterocycles. The lowest BCUT2D eigenvalue weighted by atomic mass is 10.0. The summed E-state index contributed by atoms with van der Waals surface area (Å²) in [5.41, 5.74) is 3.10. The fraction of sp³-hybridized carbons (Fsp3) is 0.333. The molecule has 0 saturated carbocycles. The Morgan fingerprint density at radius 1 is 1.04 bits per heavy atom. The third kappa shape index (κ3) is 5.62. The third-order valence-corrected chi connectivity index (χ3v) is 4.25. The van der Waals surface area contributed by atoms with E-state index in [2.05, 4.69) is 5.32 Å². The number of hydrogen-bond donors (Lipinski definition) is 2. The molecule has 5 nitrogen and oxygen atoms in total. The highest BCUT2D eigenvalue weighted by molar-refractivity contribution is 5.76. The number of carboxylic acid groups (broad SMARTS) is 1. The number of amides is 1. The number of ether oxygens (including phenoxy) is 1. The van der Waals surface area contributed by atoms with Gasteiger partial charge in [0.1, 0.15) is 5.75 Å². The fourth-order valence-corrected chi connectivity index (χ4v) is 2.79. The summed E-state index contributed by atoms with van der Waals surface area (Å²) in [6, 6.07) is 15.8. The molecule has 0 fully saturated rings. The largest absolute Gasteiger partial charge is 0.496 e. The summed E-state index contributed by atoms with van der Waals surface area (Å²) in [6.45, 7) is 1.94. The molecule has 0 spiro atoms. The number of aliphatic carboxylic acids is 1. The molecule has 138 valence electrons. The summed E-state index contributed by atoms with van der Waals surface area (Å²) < 4.78 is 5.40. The number of carbonyl (C=O) groups excluding carboxylic acids is 1. The Morgan fingerprint density at radius 3 is 2.35 bits per heavy atom. The molecule has 1 amide bonds. The van der Waals surface area contributed by atoms with Crippen molar-refractivity contribution in [2.45, 2.75) is 38.6 Å². The number of carbonyl (C=O) groups is 2. The van der Waals surface area contributed by atoms with Crippen molar-refractivity contribution in [3.63, 3.8) is 0 Å². The molecular weight excluding hydrogens is 330 g/mol. The van der Waals surface area contributed by atoms with E-state index in [0.29, 0.717) is 19.3 Å². The van der Waals surface area contributed by atoms with Gasteiger partial charge in [-0.15, -0.1) is 0 Å². The molecule has 2 rings (SSSR count). The normalized spacial score (nSPS) is 11.6. The number of hydrogen-bond acceptors (Lipinski definition) is 3.